The number of amides is 1. The van der Waals surface area contributed by atoms with Crippen molar-refractivity contribution in [3.63, 3.8) is 0 Å². The van der Waals surface area contributed by atoms with Crippen molar-refractivity contribution in [3.05, 3.63) is 71.6 Å². The van der Waals surface area contributed by atoms with Crippen LogP contribution in [0.5, 0.6) is 5.75 Å². The molecule has 0 atom stereocenters. The summed E-state index contributed by atoms with van der Waals surface area (Å²) in [5.41, 5.74) is 3.20. The van der Waals surface area contributed by atoms with Crippen LogP contribution in [0, 0.1) is 5.82 Å². The number of hydrogen-bond acceptors (Lipinski definition) is 5. The molecule has 1 aliphatic heterocycles. The Hall–Kier alpha value is -3.39. The highest BCUT2D eigenvalue weighted by Crippen LogP contribution is 2.29. The Morgan fingerprint density at radius 1 is 1.06 bits per heavy atom. The van der Waals surface area contributed by atoms with Gasteiger partial charge in [0, 0.05) is 43.3 Å². The van der Waals surface area contributed by atoms with E-state index in [2.05, 4.69) is 9.88 Å². The molecule has 1 saturated heterocycles. The lowest BCUT2D eigenvalue weighted by Crippen LogP contribution is -2.49. The maximum absolute atomic E-state index is 13.2. The summed E-state index contributed by atoms with van der Waals surface area (Å²) >= 11 is 1.43. The second-order valence-electron chi connectivity index (χ2n) is 7.36. The number of benzene rings is 2. The van der Waals surface area contributed by atoms with Crippen molar-refractivity contribution in [2.24, 2.45) is 0 Å². The molecule has 0 unspecified atom stereocenters. The molecule has 8 heteroatoms. The van der Waals surface area contributed by atoms with Gasteiger partial charge in [0.1, 0.15) is 17.3 Å². The summed E-state index contributed by atoms with van der Waals surface area (Å²) in [7, 11) is 1.67. The molecule has 0 radical (unpaired) electrons. The first-order valence-electron chi connectivity index (χ1n) is 10.0. The molecular weight excluding hydrogens is 415 g/mol. The number of nitrogens with zero attached hydrogens (tertiary/aromatic N) is 4. The molecule has 4 aromatic rings. The molecule has 5 rings (SSSR count). The van der Waals surface area contributed by atoms with Crippen molar-refractivity contribution in [2.75, 3.05) is 38.2 Å². The van der Waals surface area contributed by atoms with E-state index in [1.165, 1.54) is 23.5 Å². The number of imidazole rings is 1. The van der Waals surface area contributed by atoms with Crippen LogP contribution in [0.4, 0.5) is 10.1 Å². The van der Waals surface area contributed by atoms with Crippen LogP contribution in [-0.4, -0.2) is 53.5 Å². The number of rotatable bonds is 4. The van der Waals surface area contributed by atoms with Gasteiger partial charge < -0.3 is 14.5 Å². The Kier molecular flexibility index (Phi) is 5.07. The Balaban J connectivity index is 1.33. The number of thiazole rings is 1. The summed E-state index contributed by atoms with van der Waals surface area (Å²) in [6, 6.07) is 14.2. The number of carbonyl (C=O) groups excluding carboxylic acids is 1. The van der Waals surface area contributed by atoms with E-state index >= 15 is 0 Å². The quantitative estimate of drug-likeness (QED) is 0.482. The monoisotopic (exact) mass is 436 g/mol. The number of hydrogen-bond donors (Lipinski definition) is 0. The highest BCUT2D eigenvalue weighted by atomic mass is 32.1. The predicted molar refractivity (Wildman–Crippen MR) is 120 cm³/mol. The molecule has 0 aliphatic carbocycles. The summed E-state index contributed by atoms with van der Waals surface area (Å²) in [5, 5.41) is 1.85. The zero-order chi connectivity index (χ0) is 21.4. The lowest BCUT2D eigenvalue weighted by atomic mass is 10.2. The first kappa shape index (κ1) is 19.6. The van der Waals surface area contributed by atoms with Gasteiger partial charge in [-0.2, -0.15) is 0 Å². The highest BCUT2D eigenvalue weighted by Gasteiger charge is 2.26. The smallest absolute Gasteiger partial charge is 0.271 e. The fourth-order valence-electron chi connectivity index (χ4n) is 3.90. The molecule has 2 aromatic carbocycles. The maximum Gasteiger partial charge on any atom is 0.271 e. The Labute approximate surface area is 183 Å². The van der Waals surface area contributed by atoms with Crippen LogP contribution in [0.1, 0.15) is 10.5 Å². The topological polar surface area (TPSA) is 50.1 Å². The lowest BCUT2D eigenvalue weighted by Gasteiger charge is -2.36. The molecule has 3 heterocycles. The maximum atomic E-state index is 13.2. The lowest BCUT2D eigenvalue weighted by molar-refractivity contribution is 0.0740. The normalized spacial score (nSPS) is 14.3. The van der Waals surface area contributed by atoms with Crippen molar-refractivity contribution < 1.29 is 13.9 Å². The Bertz CT molecular complexity index is 1230. The van der Waals surface area contributed by atoms with Gasteiger partial charge in [-0.25, -0.2) is 9.37 Å². The molecule has 1 fully saturated rings. The van der Waals surface area contributed by atoms with E-state index in [9.17, 15) is 9.18 Å². The van der Waals surface area contributed by atoms with Crippen LogP contribution in [0.15, 0.2) is 60.1 Å². The summed E-state index contributed by atoms with van der Waals surface area (Å²) in [4.78, 5) is 22.7. The van der Waals surface area contributed by atoms with Gasteiger partial charge in [0.2, 0.25) is 0 Å². The molecule has 2 aromatic heterocycles. The number of fused-ring (bicyclic) bond motifs is 1. The SMILES string of the molecule is COc1ccccc1N1CCN(C(=O)c2csc3nc(-c4ccc(F)cc4)cn23)CC1. The van der Waals surface area contributed by atoms with Gasteiger partial charge in [0.25, 0.3) is 5.91 Å². The fourth-order valence-corrected chi connectivity index (χ4v) is 4.75. The number of para-hydroxylation sites is 2. The zero-order valence-electron chi connectivity index (χ0n) is 17.0. The van der Waals surface area contributed by atoms with Crippen molar-refractivity contribution in [1.82, 2.24) is 14.3 Å². The molecule has 158 valence electrons. The summed E-state index contributed by atoms with van der Waals surface area (Å²) in [6.45, 7) is 2.75. The van der Waals surface area contributed by atoms with Crippen LogP contribution >= 0.6 is 11.3 Å². The second kappa shape index (κ2) is 8.03. The third kappa shape index (κ3) is 3.63. The summed E-state index contributed by atoms with van der Waals surface area (Å²) < 4.78 is 20.5. The number of carbonyl (C=O) groups is 1. The van der Waals surface area contributed by atoms with E-state index in [4.69, 9.17) is 4.74 Å². The Morgan fingerprint density at radius 2 is 1.81 bits per heavy atom. The van der Waals surface area contributed by atoms with Gasteiger partial charge in [0.05, 0.1) is 18.5 Å². The average molecular weight is 437 g/mol. The van der Waals surface area contributed by atoms with E-state index in [1.54, 1.807) is 19.2 Å². The first-order chi connectivity index (χ1) is 15.1. The summed E-state index contributed by atoms with van der Waals surface area (Å²) in [5.74, 6) is 0.551. The van der Waals surface area contributed by atoms with Gasteiger partial charge in [0.15, 0.2) is 4.96 Å². The fraction of sp³-hybridized carbons (Fsp3) is 0.217. The van der Waals surface area contributed by atoms with Crippen molar-refractivity contribution in [3.8, 4) is 17.0 Å². The van der Waals surface area contributed by atoms with E-state index in [0.717, 1.165) is 40.7 Å². The molecule has 6 nitrogen and oxygen atoms in total. The van der Waals surface area contributed by atoms with Crippen LogP contribution in [0.2, 0.25) is 0 Å². The molecule has 0 spiro atoms. The minimum Gasteiger partial charge on any atom is -0.495 e. The minimum absolute atomic E-state index is 0.00557. The second-order valence-corrected chi connectivity index (χ2v) is 8.19. The van der Waals surface area contributed by atoms with Crippen LogP contribution in [-0.2, 0) is 0 Å². The van der Waals surface area contributed by atoms with Crippen LogP contribution in [0.25, 0.3) is 16.2 Å². The average Bonchev–Trinajstić information content (AvgIpc) is 3.40. The summed E-state index contributed by atoms with van der Waals surface area (Å²) in [6.07, 6.45) is 1.84. The molecule has 0 bridgehead atoms. The van der Waals surface area contributed by atoms with Crippen LogP contribution in [0.3, 0.4) is 0 Å². The van der Waals surface area contributed by atoms with Gasteiger partial charge in [-0.05, 0) is 36.4 Å². The molecule has 0 saturated carbocycles. The van der Waals surface area contributed by atoms with E-state index in [1.807, 2.05) is 45.1 Å². The van der Waals surface area contributed by atoms with E-state index < -0.39 is 0 Å². The van der Waals surface area contributed by atoms with Gasteiger partial charge in [-0.1, -0.05) is 12.1 Å². The molecule has 1 amide bonds. The van der Waals surface area contributed by atoms with Crippen molar-refractivity contribution >= 4 is 27.9 Å². The third-order valence-electron chi connectivity index (χ3n) is 5.56. The van der Waals surface area contributed by atoms with Gasteiger partial charge >= 0.3 is 0 Å². The first-order valence-corrected chi connectivity index (χ1v) is 10.9. The highest BCUT2D eigenvalue weighted by molar-refractivity contribution is 7.15. The number of aromatic nitrogens is 2. The van der Waals surface area contributed by atoms with Crippen molar-refractivity contribution in [1.29, 1.82) is 0 Å². The number of piperazine rings is 1. The Morgan fingerprint density at radius 3 is 2.55 bits per heavy atom. The molecule has 0 N–H and O–H groups in total. The third-order valence-corrected chi connectivity index (χ3v) is 6.40. The largest absolute Gasteiger partial charge is 0.495 e. The van der Waals surface area contributed by atoms with E-state index in [-0.39, 0.29) is 11.7 Å². The number of ether oxygens (including phenoxy) is 1. The molecule has 31 heavy (non-hydrogen) atoms. The number of methoxy groups -OCH3 is 1. The molecular formula is C23H21FN4O2S. The van der Waals surface area contributed by atoms with Gasteiger partial charge in [-0.15, -0.1) is 11.3 Å². The standard InChI is InChI=1S/C23H21FN4O2S/c1-30-21-5-3-2-4-19(21)26-10-12-27(13-11-26)22(29)20-15-31-23-25-18(14-28(20)23)16-6-8-17(24)9-7-16/h2-9,14-15H,10-13H2,1H3. The van der Waals surface area contributed by atoms with Crippen molar-refractivity contribution in [2.45, 2.75) is 0 Å². The zero-order valence-corrected chi connectivity index (χ0v) is 17.8. The molecule has 1 aliphatic rings. The number of anilines is 1. The number of halogens is 1. The van der Waals surface area contributed by atoms with E-state index in [0.29, 0.717) is 18.8 Å². The van der Waals surface area contributed by atoms with Gasteiger partial charge in [-0.3, -0.25) is 9.20 Å². The predicted octanol–water partition coefficient (Wildman–Crippen LogP) is 4.17. The minimum atomic E-state index is -0.284. The van der Waals surface area contributed by atoms with Crippen LogP contribution < -0.4 is 9.64 Å².